The maximum Gasteiger partial charge on any atom is 0.274 e. The molecule has 12 amide bonds. The summed E-state index contributed by atoms with van der Waals surface area (Å²) in [6.45, 7) is 0.906. The Kier molecular flexibility index (Phi) is 20.8. The van der Waals surface area contributed by atoms with Crippen LogP contribution in [-0.2, 0) is 47.9 Å². The average Bonchev–Trinajstić information content (AvgIpc) is 0.974. The molecule has 5 aliphatic rings. The molecular weight excluding hydrogens is 1160 g/mol. The number of nitrogens with zero attached hydrogens (tertiary/aromatic N) is 8. The van der Waals surface area contributed by atoms with E-state index in [1.165, 1.54) is 59.7 Å². The summed E-state index contributed by atoms with van der Waals surface area (Å²) in [6, 6.07) is 5.82. The molecule has 0 radical (unpaired) electrons. The average molecular weight is 1240 g/mol. The van der Waals surface area contributed by atoms with Crippen LogP contribution in [0.15, 0.2) is 60.7 Å². The van der Waals surface area contributed by atoms with Crippen LogP contribution in [0.5, 0.6) is 11.5 Å². The highest BCUT2D eigenvalue weighted by Crippen LogP contribution is 2.27. The van der Waals surface area contributed by atoms with E-state index in [-0.39, 0.29) is 51.9 Å². The van der Waals surface area contributed by atoms with Gasteiger partial charge in [-0.25, -0.2) is 9.97 Å². The van der Waals surface area contributed by atoms with Gasteiger partial charge in [0, 0.05) is 51.0 Å². The number of fused-ring (bicyclic) bond motifs is 6. The third-order valence-corrected chi connectivity index (χ3v) is 17.5. The first-order valence-corrected chi connectivity index (χ1v) is 30.7. The number of aromatic nitrogens is 2. The van der Waals surface area contributed by atoms with Gasteiger partial charge in [-0.2, -0.15) is 0 Å². The predicted octanol–water partition coefficient (Wildman–Crippen LogP) is -0.212. The Morgan fingerprint density at radius 3 is 1.17 bits per heavy atom. The lowest BCUT2D eigenvalue weighted by Crippen LogP contribution is -2.64. The van der Waals surface area contributed by atoms with E-state index in [1.54, 1.807) is 48.5 Å². The van der Waals surface area contributed by atoms with Gasteiger partial charge in [0.2, 0.25) is 59.1 Å². The molecular formula is C62H78N14O14. The highest BCUT2D eigenvalue weighted by atomic mass is 16.3. The lowest BCUT2D eigenvalue weighted by molar-refractivity contribution is -0.148. The predicted molar refractivity (Wildman–Crippen MR) is 323 cm³/mol. The van der Waals surface area contributed by atoms with E-state index < -0.39 is 168 Å². The summed E-state index contributed by atoms with van der Waals surface area (Å²) in [4.78, 5) is 188. The molecule has 28 heteroatoms. The van der Waals surface area contributed by atoms with Crippen LogP contribution in [0.4, 0.5) is 0 Å². The number of benzene rings is 2. The van der Waals surface area contributed by atoms with Crippen molar-refractivity contribution in [2.45, 2.75) is 139 Å². The molecule has 5 aliphatic heterocycles. The van der Waals surface area contributed by atoms with Gasteiger partial charge < -0.3 is 71.5 Å². The summed E-state index contributed by atoms with van der Waals surface area (Å²) >= 11 is 0. The first-order chi connectivity index (χ1) is 43.1. The molecule has 28 nitrogen and oxygen atoms in total. The molecule has 5 saturated heterocycles. The van der Waals surface area contributed by atoms with Crippen molar-refractivity contribution in [2.75, 3.05) is 66.5 Å². The van der Waals surface area contributed by atoms with Crippen molar-refractivity contribution < 1.29 is 67.7 Å². The van der Waals surface area contributed by atoms with Crippen LogP contribution in [0.25, 0.3) is 21.8 Å². The molecule has 0 bridgehead atoms. The van der Waals surface area contributed by atoms with E-state index in [0.29, 0.717) is 73.2 Å². The lowest BCUT2D eigenvalue weighted by atomic mass is 9.97. The van der Waals surface area contributed by atoms with Crippen LogP contribution < -0.4 is 31.9 Å². The van der Waals surface area contributed by atoms with Gasteiger partial charge in [0.1, 0.15) is 47.8 Å². The second-order valence-corrected chi connectivity index (χ2v) is 23.8. The van der Waals surface area contributed by atoms with E-state index in [4.69, 9.17) is 0 Å². The molecule has 0 unspecified atom stereocenters. The van der Waals surface area contributed by atoms with Crippen LogP contribution in [0.3, 0.4) is 0 Å². The minimum Gasteiger partial charge on any atom is -0.505 e. The SMILES string of the molecule is C[C@@H]1NC(=O)[C@@H]2CCCCN2C(=O)CN(C)C(=O)CNC(=O)[C@@H]2CCCCN2C(=O)[C@H](NC(=O)c2nc3ccccc3cc2O)[C@H](C)NC(=O)[C@@H]2CCCCN2C(=O)CN(C)C(=O)CNC(=O)[C@@H]2CCCCN2C(=O)[C@@H]1NC(=O)c1nc2ccccc2cc1O. The van der Waals surface area contributed by atoms with E-state index in [1.807, 2.05) is 0 Å². The quantitative estimate of drug-likeness (QED) is 0.131. The van der Waals surface area contributed by atoms with Gasteiger partial charge in [-0.3, -0.25) is 57.5 Å². The zero-order valence-corrected chi connectivity index (χ0v) is 50.9. The molecule has 2 aromatic heterocycles. The van der Waals surface area contributed by atoms with Crippen molar-refractivity contribution >= 4 is 92.7 Å². The second kappa shape index (κ2) is 28.8. The van der Waals surface area contributed by atoms with Gasteiger partial charge in [0.05, 0.1) is 49.3 Å². The summed E-state index contributed by atoms with van der Waals surface area (Å²) in [7, 11) is 2.68. The fourth-order valence-corrected chi connectivity index (χ4v) is 12.5. The highest BCUT2D eigenvalue weighted by Gasteiger charge is 2.44. The summed E-state index contributed by atoms with van der Waals surface area (Å²) < 4.78 is 0. The van der Waals surface area contributed by atoms with Crippen LogP contribution in [-0.4, -0.2) is 235 Å². The molecule has 5 fully saturated rings. The summed E-state index contributed by atoms with van der Waals surface area (Å²) in [6.07, 6.45) is 4.55. The Balaban J connectivity index is 0.998. The Bertz CT molecular complexity index is 3250. The number of rotatable bonds is 4. The third kappa shape index (κ3) is 14.8. The molecule has 8 atom stereocenters. The van der Waals surface area contributed by atoms with Crippen molar-refractivity contribution in [2.24, 2.45) is 0 Å². The lowest BCUT2D eigenvalue weighted by Gasteiger charge is -2.40. The van der Waals surface area contributed by atoms with Crippen molar-refractivity contribution in [3.8, 4) is 11.5 Å². The Hall–Kier alpha value is -9.50. The fraction of sp³-hybridized carbons (Fsp3) is 0.516. The van der Waals surface area contributed by atoms with E-state index in [2.05, 4.69) is 41.9 Å². The van der Waals surface area contributed by atoms with Gasteiger partial charge in [0.25, 0.3) is 11.8 Å². The number of hydrogen-bond acceptors (Lipinski definition) is 16. The van der Waals surface area contributed by atoms with Crippen molar-refractivity contribution in [3.05, 3.63) is 72.1 Å². The number of amides is 12. The number of likely N-dealkylation sites (N-methyl/N-ethyl adjacent to an activating group) is 2. The summed E-state index contributed by atoms with van der Waals surface area (Å²) in [5.41, 5.74) is -0.135. The van der Waals surface area contributed by atoms with Crippen molar-refractivity contribution in [1.82, 2.24) is 71.3 Å². The molecule has 4 aromatic rings. The minimum absolute atomic E-state index is 0.0218. The number of carbonyl (C=O) groups is 12. The Morgan fingerprint density at radius 2 is 0.800 bits per heavy atom. The maximum absolute atomic E-state index is 15.0. The molecule has 2 aromatic carbocycles. The molecule has 9 rings (SSSR count). The number of para-hydroxylation sites is 2. The maximum atomic E-state index is 15.0. The number of pyridine rings is 2. The molecule has 0 spiro atoms. The topological polar surface area (TPSA) is 363 Å². The molecule has 90 heavy (non-hydrogen) atoms. The number of hydrogen-bond donors (Lipinski definition) is 8. The van der Waals surface area contributed by atoms with Crippen LogP contribution in [0.1, 0.15) is 112 Å². The van der Waals surface area contributed by atoms with Crippen LogP contribution in [0, 0.1) is 0 Å². The number of carbonyl (C=O) groups excluding carboxylic acids is 12. The first kappa shape index (κ1) is 65.0. The molecule has 0 aliphatic carbocycles. The summed E-state index contributed by atoms with van der Waals surface area (Å²) in [5.74, 6) is -10.0. The Morgan fingerprint density at radius 1 is 0.467 bits per heavy atom. The van der Waals surface area contributed by atoms with Gasteiger partial charge in [0.15, 0.2) is 11.4 Å². The van der Waals surface area contributed by atoms with Crippen molar-refractivity contribution in [1.29, 1.82) is 0 Å². The zero-order valence-electron chi connectivity index (χ0n) is 50.9. The highest BCUT2D eigenvalue weighted by molar-refractivity contribution is 6.03. The van der Waals surface area contributed by atoms with Crippen LogP contribution in [0.2, 0.25) is 0 Å². The van der Waals surface area contributed by atoms with E-state index in [0.717, 1.165) is 9.80 Å². The van der Waals surface area contributed by atoms with Crippen LogP contribution >= 0.6 is 0 Å². The zero-order chi connectivity index (χ0) is 64.5. The minimum atomic E-state index is -1.61. The number of aromatic hydroxyl groups is 2. The largest absolute Gasteiger partial charge is 0.505 e. The summed E-state index contributed by atoms with van der Waals surface area (Å²) in [5, 5.41) is 39.3. The first-order valence-electron chi connectivity index (χ1n) is 30.7. The second-order valence-electron chi connectivity index (χ2n) is 23.8. The van der Waals surface area contributed by atoms with Gasteiger partial charge in [-0.05, 0) is 115 Å². The molecule has 0 saturated carbocycles. The molecule has 480 valence electrons. The molecule has 7 heterocycles. The standard InChI is InChI=1S/C62H78N14O14/c1-35-51(69-59(87)53-45(77)29-37-17-5-7-19-39(37)67-53)61(89)75-27-15-11-21-41(75)55(83)63-31-47(79)72(4)34-50(82)74-26-14-10-24-44(74)58(86)66-36(2)52(70-60(88)54-46(78)30-38-18-6-8-20-40(38)68-54)62(90)76-28-16-12-22-42(76)56(84)64-32-48(80)71(3)33-49(81)73-25-13-9-23-43(73)57(85)65-35/h5-8,17-20,29-30,35-36,41-44,51-52,77-78H,9-16,21-28,31-34H2,1-4H3,(H,63,83)(H,64,84)(H,65,85)(H,66,86)(H,69,87)(H,70,88)/t35-,36-,41-,42-,43-,44-,51+,52+/m0/s1. The fourth-order valence-electron chi connectivity index (χ4n) is 12.5. The van der Waals surface area contributed by atoms with Gasteiger partial charge >= 0.3 is 0 Å². The number of nitrogens with one attached hydrogen (secondary N) is 6. The van der Waals surface area contributed by atoms with Crippen molar-refractivity contribution in [3.63, 3.8) is 0 Å². The van der Waals surface area contributed by atoms with Gasteiger partial charge in [-0.15, -0.1) is 0 Å². The van der Waals surface area contributed by atoms with E-state index in [9.17, 15) is 58.2 Å². The third-order valence-electron chi connectivity index (χ3n) is 17.5. The smallest absolute Gasteiger partial charge is 0.274 e. The Labute approximate surface area is 519 Å². The molecule has 8 N–H and O–H groups in total. The van der Waals surface area contributed by atoms with E-state index >= 15 is 9.59 Å². The normalized spacial score (nSPS) is 25.7. The number of piperidine rings is 4. The van der Waals surface area contributed by atoms with Gasteiger partial charge in [-0.1, -0.05) is 36.4 Å². The monoisotopic (exact) mass is 1240 g/mol.